The largest absolute Gasteiger partial charge is 0.392 e. The molecule has 1 N–H and O–H groups in total. The monoisotopic (exact) mass is 328 g/mol. The van der Waals surface area contributed by atoms with Crippen LogP contribution in [-0.4, -0.2) is 13.5 Å². The Bertz CT molecular complexity index is 944. The van der Waals surface area contributed by atoms with E-state index in [1.54, 1.807) is 30.3 Å². The van der Waals surface area contributed by atoms with E-state index in [2.05, 4.69) is 0 Å². The van der Waals surface area contributed by atoms with Crippen LogP contribution in [0, 0.1) is 6.92 Å². The van der Waals surface area contributed by atoms with E-state index in [0.29, 0.717) is 10.9 Å². The predicted octanol–water partition coefficient (Wildman–Crippen LogP) is 3.41. The van der Waals surface area contributed by atoms with E-state index >= 15 is 0 Å². The number of hydrogen-bond donors (Lipinski definition) is 1. The SMILES string of the molecule is Cc1cccc2c(S(=O)(=O)Oc3ccc(CO)cc3)cccc12. The first-order valence-electron chi connectivity index (χ1n) is 7.14. The summed E-state index contributed by atoms with van der Waals surface area (Å²) in [5, 5.41) is 10.5. The van der Waals surface area contributed by atoms with E-state index in [4.69, 9.17) is 9.29 Å². The molecule has 118 valence electrons. The third-order valence-electron chi connectivity index (χ3n) is 3.68. The van der Waals surface area contributed by atoms with Gasteiger partial charge in [0.15, 0.2) is 0 Å². The van der Waals surface area contributed by atoms with Crippen molar-refractivity contribution in [2.24, 2.45) is 0 Å². The van der Waals surface area contributed by atoms with Crippen molar-refractivity contribution in [2.45, 2.75) is 18.4 Å². The van der Waals surface area contributed by atoms with Gasteiger partial charge in [0.25, 0.3) is 0 Å². The van der Waals surface area contributed by atoms with Gasteiger partial charge in [-0.05, 0) is 41.6 Å². The topological polar surface area (TPSA) is 63.6 Å². The molecule has 4 nitrogen and oxygen atoms in total. The summed E-state index contributed by atoms with van der Waals surface area (Å²) in [6.45, 7) is 1.84. The fourth-order valence-corrected chi connectivity index (χ4v) is 3.63. The maximum Gasteiger partial charge on any atom is 0.339 e. The van der Waals surface area contributed by atoms with Gasteiger partial charge in [0.05, 0.1) is 6.61 Å². The summed E-state index contributed by atoms with van der Waals surface area (Å²) in [6, 6.07) is 17.0. The zero-order valence-electron chi connectivity index (χ0n) is 12.6. The molecule has 0 fully saturated rings. The third kappa shape index (κ3) is 3.06. The van der Waals surface area contributed by atoms with Crippen molar-refractivity contribution >= 4 is 20.9 Å². The number of rotatable bonds is 4. The quantitative estimate of drug-likeness (QED) is 0.746. The molecular formula is C18H16O4S. The van der Waals surface area contributed by atoms with Gasteiger partial charge >= 0.3 is 10.1 Å². The Labute approximate surface area is 135 Å². The molecule has 0 aliphatic heterocycles. The molecule has 0 heterocycles. The molecule has 0 saturated carbocycles. The van der Waals surface area contributed by atoms with E-state index in [9.17, 15) is 8.42 Å². The van der Waals surface area contributed by atoms with Gasteiger partial charge in [-0.25, -0.2) is 0 Å². The van der Waals surface area contributed by atoms with Gasteiger partial charge in [-0.2, -0.15) is 8.42 Å². The van der Waals surface area contributed by atoms with Crippen LogP contribution >= 0.6 is 0 Å². The molecule has 0 atom stereocenters. The van der Waals surface area contributed by atoms with Gasteiger partial charge in [-0.3, -0.25) is 0 Å². The Kier molecular flexibility index (Phi) is 4.07. The van der Waals surface area contributed by atoms with Crippen molar-refractivity contribution < 1.29 is 17.7 Å². The van der Waals surface area contributed by atoms with Crippen LogP contribution < -0.4 is 4.18 Å². The first kappa shape index (κ1) is 15.5. The summed E-state index contributed by atoms with van der Waals surface area (Å²) >= 11 is 0. The number of aliphatic hydroxyl groups excluding tert-OH is 1. The van der Waals surface area contributed by atoms with E-state index in [1.807, 2.05) is 25.1 Å². The lowest BCUT2D eigenvalue weighted by atomic mass is 10.1. The second-order valence-electron chi connectivity index (χ2n) is 5.27. The summed E-state index contributed by atoms with van der Waals surface area (Å²) in [4.78, 5) is 0.143. The van der Waals surface area contributed by atoms with Crippen LogP contribution in [-0.2, 0) is 16.7 Å². The molecule has 3 aromatic rings. The maximum atomic E-state index is 12.6. The predicted molar refractivity (Wildman–Crippen MR) is 88.9 cm³/mol. The van der Waals surface area contributed by atoms with E-state index < -0.39 is 10.1 Å². The number of benzene rings is 3. The molecule has 0 amide bonds. The number of aryl methyl sites for hydroxylation is 1. The van der Waals surface area contributed by atoms with Gasteiger partial charge in [0, 0.05) is 5.39 Å². The summed E-state index contributed by atoms with van der Waals surface area (Å²) in [5.74, 6) is 0.215. The van der Waals surface area contributed by atoms with Crippen molar-refractivity contribution in [2.75, 3.05) is 0 Å². The fourth-order valence-electron chi connectivity index (χ4n) is 2.48. The van der Waals surface area contributed by atoms with Crippen molar-refractivity contribution in [1.29, 1.82) is 0 Å². The summed E-state index contributed by atoms with van der Waals surface area (Å²) < 4.78 is 30.4. The second-order valence-corrected chi connectivity index (χ2v) is 6.78. The Morgan fingerprint density at radius 1 is 0.913 bits per heavy atom. The maximum absolute atomic E-state index is 12.6. The molecular weight excluding hydrogens is 312 g/mol. The Hall–Kier alpha value is -2.37. The van der Waals surface area contributed by atoms with Crippen molar-refractivity contribution in [3.05, 3.63) is 71.8 Å². The number of aliphatic hydroxyl groups is 1. The van der Waals surface area contributed by atoms with Crippen LogP contribution in [0.15, 0.2) is 65.6 Å². The van der Waals surface area contributed by atoms with Gasteiger partial charge in [0.2, 0.25) is 0 Å². The van der Waals surface area contributed by atoms with E-state index in [0.717, 1.165) is 10.9 Å². The molecule has 0 spiro atoms. The lowest BCUT2D eigenvalue weighted by Crippen LogP contribution is -2.10. The highest BCUT2D eigenvalue weighted by molar-refractivity contribution is 7.87. The van der Waals surface area contributed by atoms with Crippen molar-refractivity contribution in [3.8, 4) is 5.75 Å². The zero-order chi connectivity index (χ0) is 16.4. The molecule has 0 radical (unpaired) electrons. The number of fused-ring (bicyclic) bond motifs is 1. The lowest BCUT2D eigenvalue weighted by molar-refractivity contribution is 0.282. The highest BCUT2D eigenvalue weighted by atomic mass is 32.2. The van der Waals surface area contributed by atoms with Crippen molar-refractivity contribution in [1.82, 2.24) is 0 Å². The third-order valence-corrected chi connectivity index (χ3v) is 4.99. The average Bonchev–Trinajstić information content (AvgIpc) is 2.55. The Morgan fingerprint density at radius 3 is 2.26 bits per heavy atom. The van der Waals surface area contributed by atoms with Gasteiger partial charge < -0.3 is 9.29 Å². The van der Waals surface area contributed by atoms with Crippen LogP contribution in [0.3, 0.4) is 0 Å². The first-order valence-corrected chi connectivity index (χ1v) is 8.55. The van der Waals surface area contributed by atoms with Gasteiger partial charge in [-0.1, -0.05) is 42.5 Å². The summed E-state index contributed by atoms with van der Waals surface area (Å²) in [7, 11) is -3.94. The highest BCUT2D eigenvalue weighted by Crippen LogP contribution is 2.27. The van der Waals surface area contributed by atoms with Crippen LogP contribution in [0.25, 0.3) is 10.8 Å². The smallest absolute Gasteiger partial charge is 0.339 e. The van der Waals surface area contributed by atoms with Crippen LogP contribution in [0.2, 0.25) is 0 Å². The second kappa shape index (κ2) is 6.02. The Morgan fingerprint density at radius 2 is 1.57 bits per heavy atom. The van der Waals surface area contributed by atoms with Crippen LogP contribution in [0.1, 0.15) is 11.1 Å². The molecule has 0 saturated heterocycles. The van der Waals surface area contributed by atoms with Gasteiger partial charge in [0.1, 0.15) is 10.6 Å². The zero-order valence-corrected chi connectivity index (χ0v) is 13.4. The van der Waals surface area contributed by atoms with E-state index in [-0.39, 0.29) is 17.3 Å². The fraction of sp³-hybridized carbons (Fsp3) is 0.111. The molecule has 3 aromatic carbocycles. The van der Waals surface area contributed by atoms with Gasteiger partial charge in [-0.15, -0.1) is 0 Å². The minimum Gasteiger partial charge on any atom is -0.392 e. The lowest BCUT2D eigenvalue weighted by Gasteiger charge is -2.11. The summed E-state index contributed by atoms with van der Waals surface area (Å²) in [5.41, 5.74) is 1.70. The minimum atomic E-state index is -3.94. The average molecular weight is 328 g/mol. The normalized spacial score (nSPS) is 11.6. The molecule has 5 heteroatoms. The standard InChI is InChI=1S/C18H16O4S/c1-13-4-2-6-17-16(13)5-3-7-18(17)23(20,21)22-15-10-8-14(12-19)9-11-15/h2-11,19H,12H2,1H3. The van der Waals surface area contributed by atoms with E-state index in [1.165, 1.54) is 12.1 Å². The first-order chi connectivity index (χ1) is 11.0. The molecule has 3 rings (SSSR count). The summed E-state index contributed by atoms with van der Waals surface area (Å²) in [6.07, 6.45) is 0. The Balaban J connectivity index is 2.04. The highest BCUT2D eigenvalue weighted by Gasteiger charge is 2.20. The van der Waals surface area contributed by atoms with Crippen molar-refractivity contribution in [3.63, 3.8) is 0 Å². The number of hydrogen-bond acceptors (Lipinski definition) is 4. The van der Waals surface area contributed by atoms with Crippen LogP contribution in [0.4, 0.5) is 0 Å². The molecule has 0 aliphatic carbocycles. The molecule has 0 aliphatic rings. The van der Waals surface area contributed by atoms with Crippen LogP contribution in [0.5, 0.6) is 5.75 Å². The minimum absolute atomic E-state index is 0.102. The molecule has 0 bridgehead atoms. The molecule has 0 aromatic heterocycles. The molecule has 23 heavy (non-hydrogen) atoms. The molecule has 0 unspecified atom stereocenters.